The minimum atomic E-state index is -0.170. The average Bonchev–Trinajstić information content (AvgIpc) is 3.33. The van der Waals surface area contributed by atoms with Crippen LogP contribution in [0.4, 0.5) is 0 Å². The van der Waals surface area contributed by atoms with Crippen LogP contribution in [0.1, 0.15) is 67.4 Å². The summed E-state index contributed by atoms with van der Waals surface area (Å²) < 4.78 is 5.17. The highest BCUT2D eigenvalue weighted by atomic mass is 16.5. The van der Waals surface area contributed by atoms with Crippen molar-refractivity contribution in [3.8, 4) is 0 Å². The molecule has 1 unspecified atom stereocenters. The monoisotopic (exact) mass is 360 g/mol. The fraction of sp³-hybridized carbons (Fsp3) is 0.417. The van der Waals surface area contributed by atoms with E-state index in [1.807, 2.05) is 6.07 Å². The van der Waals surface area contributed by atoms with Gasteiger partial charge in [0.2, 0.25) is 0 Å². The zero-order valence-electron chi connectivity index (χ0n) is 16.0. The van der Waals surface area contributed by atoms with Crippen molar-refractivity contribution in [3.63, 3.8) is 0 Å². The third kappa shape index (κ3) is 2.48. The van der Waals surface area contributed by atoms with E-state index in [2.05, 4.69) is 18.2 Å². The normalized spacial score (nSPS) is 21.9. The first-order chi connectivity index (χ1) is 13.0. The quantitative estimate of drug-likeness (QED) is 0.599. The number of ketones is 1. The minimum Gasteiger partial charge on any atom is -0.465 e. The third-order valence-electron chi connectivity index (χ3n) is 6.85. The standard InChI is InChI=1S/C24H24O3/c1-14(25)15-6-7-17-10-24(11-18(17)8-15)12-19-9-16-4-3-5-20(16)22(21(19)13-24)23(26)27-2/h6-9H,3-5,10-13H2,1-2H3. The molecule has 0 saturated heterocycles. The van der Waals surface area contributed by atoms with Crippen LogP contribution in [0, 0.1) is 5.41 Å². The molecule has 0 radical (unpaired) electrons. The average molecular weight is 360 g/mol. The summed E-state index contributed by atoms with van der Waals surface area (Å²) in [6.07, 6.45) is 7.16. The SMILES string of the molecule is COC(=O)c1c2c(cc3c1CC1(Cc4ccc(C(C)=O)cc4C1)C3)CCC2. The molecule has 0 aliphatic heterocycles. The molecule has 3 heteroatoms. The summed E-state index contributed by atoms with van der Waals surface area (Å²) in [6, 6.07) is 8.53. The molecule has 0 heterocycles. The minimum absolute atomic E-state index is 0.123. The summed E-state index contributed by atoms with van der Waals surface area (Å²) in [4.78, 5) is 24.4. The maximum atomic E-state index is 12.6. The zero-order chi connectivity index (χ0) is 18.8. The fourth-order valence-electron chi connectivity index (χ4n) is 5.70. The maximum absolute atomic E-state index is 12.6. The lowest BCUT2D eigenvalue weighted by molar-refractivity contribution is 0.0598. The Balaban J connectivity index is 1.55. The van der Waals surface area contributed by atoms with Crippen LogP contribution in [0.5, 0.6) is 0 Å². The lowest BCUT2D eigenvalue weighted by Gasteiger charge is -2.22. The van der Waals surface area contributed by atoms with Crippen LogP contribution < -0.4 is 0 Å². The Morgan fingerprint density at radius 1 is 0.889 bits per heavy atom. The van der Waals surface area contributed by atoms with E-state index in [1.165, 1.54) is 40.5 Å². The van der Waals surface area contributed by atoms with Crippen LogP contribution in [-0.4, -0.2) is 18.9 Å². The molecule has 0 bridgehead atoms. The van der Waals surface area contributed by atoms with Gasteiger partial charge in [-0.3, -0.25) is 4.79 Å². The molecular weight excluding hydrogens is 336 g/mol. The van der Waals surface area contributed by atoms with E-state index in [0.717, 1.165) is 56.1 Å². The van der Waals surface area contributed by atoms with Crippen LogP contribution >= 0.6 is 0 Å². The zero-order valence-corrected chi connectivity index (χ0v) is 16.0. The van der Waals surface area contributed by atoms with Gasteiger partial charge in [-0.05, 0) is 96.7 Å². The van der Waals surface area contributed by atoms with Gasteiger partial charge in [0.1, 0.15) is 0 Å². The highest BCUT2D eigenvalue weighted by Gasteiger charge is 2.44. The highest BCUT2D eigenvalue weighted by Crippen LogP contribution is 2.49. The van der Waals surface area contributed by atoms with Crippen LogP contribution in [0.25, 0.3) is 0 Å². The number of hydrogen-bond acceptors (Lipinski definition) is 3. The number of fused-ring (bicyclic) bond motifs is 3. The van der Waals surface area contributed by atoms with Gasteiger partial charge in [0.05, 0.1) is 12.7 Å². The molecule has 0 amide bonds. The molecule has 0 N–H and O–H groups in total. The van der Waals surface area contributed by atoms with Crippen molar-refractivity contribution in [3.05, 3.63) is 68.8 Å². The van der Waals surface area contributed by atoms with E-state index in [0.29, 0.717) is 0 Å². The first kappa shape index (κ1) is 16.7. The van der Waals surface area contributed by atoms with E-state index in [9.17, 15) is 9.59 Å². The number of carbonyl (C=O) groups is 2. The van der Waals surface area contributed by atoms with Gasteiger partial charge >= 0.3 is 5.97 Å². The Morgan fingerprint density at radius 3 is 2.44 bits per heavy atom. The second-order valence-electron chi connectivity index (χ2n) is 8.62. The van der Waals surface area contributed by atoms with E-state index >= 15 is 0 Å². The first-order valence-electron chi connectivity index (χ1n) is 9.87. The number of Topliss-reactive ketones (excluding diaryl/α,β-unsaturated/α-hetero) is 1. The number of rotatable bonds is 2. The number of benzene rings is 2. The molecule has 2 aromatic rings. The summed E-state index contributed by atoms with van der Waals surface area (Å²) in [6.45, 7) is 1.63. The van der Waals surface area contributed by atoms with Gasteiger partial charge in [0, 0.05) is 5.56 Å². The van der Waals surface area contributed by atoms with Gasteiger partial charge in [-0.25, -0.2) is 4.79 Å². The molecular formula is C24H24O3. The lowest BCUT2D eigenvalue weighted by Crippen LogP contribution is -2.22. The Bertz CT molecular complexity index is 1000. The number of hydrogen-bond donors (Lipinski definition) is 0. The molecule has 0 fully saturated rings. The van der Waals surface area contributed by atoms with Gasteiger partial charge < -0.3 is 4.74 Å². The Kier molecular flexibility index (Phi) is 3.59. The van der Waals surface area contributed by atoms with Crippen molar-refractivity contribution < 1.29 is 14.3 Å². The molecule has 27 heavy (non-hydrogen) atoms. The van der Waals surface area contributed by atoms with Crippen LogP contribution in [0.3, 0.4) is 0 Å². The van der Waals surface area contributed by atoms with Crippen LogP contribution in [0.15, 0.2) is 24.3 Å². The van der Waals surface area contributed by atoms with Crippen molar-refractivity contribution in [2.75, 3.05) is 7.11 Å². The smallest absolute Gasteiger partial charge is 0.338 e. The predicted molar refractivity (Wildman–Crippen MR) is 104 cm³/mol. The summed E-state index contributed by atoms with van der Waals surface area (Å²) in [5.74, 6) is -0.0470. The molecule has 1 spiro atoms. The first-order valence-corrected chi connectivity index (χ1v) is 9.87. The van der Waals surface area contributed by atoms with Crippen molar-refractivity contribution >= 4 is 11.8 Å². The van der Waals surface area contributed by atoms with Crippen LogP contribution in [0.2, 0.25) is 0 Å². The molecule has 3 aliphatic carbocycles. The number of esters is 1. The maximum Gasteiger partial charge on any atom is 0.338 e. The summed E-state index contributed by atoms with van der Waals surface area (Å²) in [7, 11) is 1.49. The molecule has 0 aromatic heterocycles. The van der Waals surface area contributed by atoms with Crippen molar-refractivity contribution in [2.45, 2.75) is 51.9 Å². The lowest BCUT2D eigenvalue weighted by atomic mass is 9.81. The Morgan fingerprint density at radius 2 is 1.67 bits per heavy atom. The molecule has 138 valence electrons. The Hall–Kier alpha value is -2.42. The van der Waals surface area contributed by atoms with Gasteiger partial charge in [-0.1, -0.05) is 18.2 Å². The second kappa shape index (κ2) is 5.79. The van der Waals surface area contributed by atoms with Crippen LogP contribution in [-0.2, 0) is 43.3 Å². The molecule has 2 aromatic carbocycles. The van der Waals surface area contributed by atoms with Crippen molar-refractivity contribution in [1.82, 2.24) is 0 Å². The van der Waals surface area contributed by atoms with Gasteiger partial charge in [-0.2, -0.15) is 0 Å². The molecule has 1 atom stereocenters. The van der Waals surface area contributed by atoms with Crippen molar-refractivity contribution in [1.29, 1.82) is 0 Å². The number of carbonyl (C=O) groups excluding carboxylic acids is 2. The topological polar surface area (TPSA) is 43.4 Å². The van der Waals surface area contributed by atoms with E-state index in [1.54, 1.807) is 6.92 Å². The molecule has 5 rings (SSSR count). The van der Waals surface area contributed by atoms with E-state index in [4.69, 9.17) is 4.74 Å². The molecule has 3 nitrogen and oxygen atoms in total. The second-order valence-corrected chi connectivity index (χ2v) is 8.62. The summed E-state index contributed by atoms with van der Waals surface area (Å²) in [5, 5.41) is 0. The van der Waals surface area contributed by atoms with Gasteiger partial charge in [-0.15, -0.1) is 0 Å². The number of ether oxygens (including phenoxy) is 1. The van der Waals surface area contributed by atoms with Gasteiger partial charge in [0.15, 0.2) is 5.78 Å². The molecule has 3 aliphatic rings. The Labute approximate surface area is 159 Å². The summed E-state index contributed by atoms with van der Waals surface area (Å²) >= 11 is 0. The largest absolute Gasteiger partial charge is 0.465 e. The predicted octanol–water partition coefficient (Wildman–Crippen LogP) is 4.05. The van der Waals surface area contributed by atoms with E-state index < -0.39 is 0 Å². The summed E-state index contributed by atoms with van der Waals surface area (Å²) in [5.41, 5.74) is 9.63. The fourth-order valence-corrected chi connectivity index (χ4v) is 5.70. The van der Waals surface area contributed by atoms with Crippen molar-refractivity contribution in [2.24, 2.45) is 5.41 Å². The third-order valence-corrected chi connectivity index (χ3v) is 6.85. The number of methoxy groups -OCH3 is 1. The highest BCUT2D eigenvalue weighted by molar-refractivity contribution is 5.95. The molecule has 0 saturated carbocycles. The van der Waals surface area contributed by atoms with Gasteiger partial charge in [0.25, 0.3) is 0 Å². The van der Waals surface area contributed by atoms with E-state index in [-0.39, 0.29) is 17.2 Å². The number of aryl methyl sites for hydroxylation is 1.